The third-order valence-corrected chi connectivity index (χ3v) is 7.95. The van der Waals surface area contributed by atoms with Gasteiger partial charge < -0.3 is 19.2 Å². The van der Waals surface area contributed by atoms with Crippen molar-refractivity contribution < 1.29 is 14.3 Å². The number of ether oxygens (including phenoxy) is 1. The molecule has 6 heteroatoms. The quantitative estimate of drug-likeness (QED) is 0.252. The van der Waals surface area contributed by atoms with Crippen molar-refractivity contribution in [2.45, 2.75) is 64.7 Å². The van der Waals surface area contributed by atoms with Crippen LogP contribution in [0.25, 0.3) is 0 Å². The van der Waals surface area contributed by atoms with Crippen LogP contribution in [0.5, 0.6) is 5.75 Å². The maximum absolute atomic E-state index is 11.5. The molecule has 1 unspecified atom stereocenters. The molecule has 0 bridgehead atoms. The molecule has 1 N–H and O–H groups in total. The van der Waals surface area contributed by atoms with Gasteiger partial charge in [-0.2, -0.15) is 0 Å². The predicted octanol–water partition coefficient (Wildman–Crippen LogP) is 8.24. The SMILES string of the molecule is CC(C)(C)c1cc(C(c2cccc(Cl)c2)c2nc(Cc3ccccc3)c(N3CCOCC3)o2)cc(C(C)(C)C)c1O. The number of nitrogens with zero attached hydrogens (tertiary/aromatic N) is 2. The molecule has 1 aliphatic heterocycles. The van der Waals surface area contributed by atoms with Crippen LogP contribution in [0.3, 0.4) is 0 Å². The molecule has 0 saturated carbocycles. The Kier molecular flexibility index (Phi) is 8.22. The highest BCUT2D eigenvalue weighted by Gasteiger charge is 2.32. The summed E-state index contributed by atoms with van der Waals surface area (Å²) in [5.74, 6) is 1.45. The van der Waals surface area contributed by atoms with Gasteiger partial charge in [0.1, 0.15) is 11.4 Å². The van der Waals surface area contributed by atoms with Crippen molar-refractivity contribution in [3.05, 3.63) is 111 Å². The minimum absolute atomic E-state index is 0.271. The normalized spacial score (nSPS) is 15.2. The number of morpholine rings is 1. The van der Waals surface area contributed by atoms with E-state index in [0.29, 0.717) is 36.3 Å². The standard InChI is InChI=1S/C35H41ClN2O3/c1-34(2,3)27-21-25(22-28(31(27)39)35(4,5)6)30(24-13-10-14-26(36)20-24)32-37-29(19-23-11-8-7-9-12-23)33(41-32)38-15-17-40-18-16-38/h7-14,20-22,30,39H,15-19H2,1-6H3. The number of phenols is 1. The Balaban J connectivity index is 1.73. The topological polar surface area (TPSA) is 58.7 Å². The van der Waals surface area contributed by atoms with Gasteiger partial charge in [0, 0.05) is 24.5 Å². The highest BCUT2D eigenvalue weighted by Crippen LogP contribution is 2.44. The van der Waals surface area contributed by atoms with E-state index in [2.05, 4.69) is 88.9 Å². The number of anilines is 1. The van der Waals surface area contributed by atoms with Crippen LogP contribution in [0, 0.1) is 0 Å². The molecule has 0 amide bonds. The zero-order valence-corrected chi connectivity index (χ0v) is 25.8. The van der Waals surface area contributed by atoms with E-state index in [4.69, 9.17) is 25.7 Å². The lowest BCUT2D eigenvalue weighted by molar-refractivity contribution is 0.120. The number of oxazole rings is 1. The number of aromatic hydroxyl groups is 1. The summed E-state index contributed by atoms with van der Waals surface area (Å²) < 4.78 is 12.4. The van der Waals surface area contributed by atoms with Crippen LogP contribution in [0.15, 0.2) is 71.1 Å². The van der Waals surface area contributed by atoms with Gasteiger partial charge in [-0.15, -0.1) is 0 Å². The largest absolute Gasteiger partial charge is 0.507 e. The summed E-state index contributed by atoms with van der Waals surface area (Å²) in [5.41, 5.74) is 5.35. The van der Waals surface area contributed by atoms with Crippen molar-refractivity contribution in [1.82, 2.24) is 4.98 Å². The Bertz CT molecular complexity index is 1460. The van der Waals surface area contributed by atoms with Crippen molar-refractivity contribution in [3.8, 4) is 5.75 Å². The first kappa shape index (κ1) is 29.2. The van der Waals surface area contributed by atoms with Gasteiger partial charge in [-0.1, -0.05) is 108 Å². The molecule has 1 aromatic heterocycles. The smallest absolute Gasteiger partial charge is 0.220 e. The number of halogens is 1. The molecule has 41 heavy (non-hydrogen) atoms. The number of aromatic nitrogens is 1. The molecule has 3 aromatic carbocycles. The third-order valence-electron chi connectivity index (χ3n) is 7.72. The minimum atomic E-state index is -0.319. The first-order valence-electron chi connectivity index (χ1n) is 14.4. The molecule has 0 spiro atoms. The fraction of sp³-hybridized carbons (Fsp3) is 0.400. The van der Waals surface area contributed by atoms with Gasteiger partial charge in [-0.05, 0) is 50.8 Å². The van der Waals surface area contributed by atoms with Gasteiger partial charge in [0.15, 0.2) is 0 Å². The van der Waals surface area contributed by atoms with Crippen molar-refractivity contribution in [1.29, 1.82) is 0 Å². The number of hydrogen-bond donors (Lipinski definition) is 1. The van der Waals surface area contributed by atoms with Crippen molar-refractivity contribution in [3.63, 3.8) is 0 Å². The molecule has 216 valence electrons. The Morgan fingerprint density at radius 3 is 2.07 bits per heavy atom. The molecule has 5 nitrogen and oxygen atoms in total. The lowest BCUT2D eigenvalue weighted by Gasteiger charge is -2.29. The first-order chi connectivity index (χ1) is 19.4. The number of hydrogen-bond acceptors (Lipinski definition) is 5. The molecular weight excluding hydrogens is 532 g/mol. The van der Waals surface area contributed by atoms with E-state index in [1.54, 1.807) is 0 Å². The van der Waals surface area contributed by atoms with Crippen molar-refractivity contribution >= 4 is 17.5 Å². The molecule has 0 aliphatic carbocycles. The summed E-state index contributed by atoms with van der Waals surface area (Å²) in [6.45, 7) is 15.6. The zero-order valence-electron chi connectivity index (χ0n) is 25.0. The van der Waals surface area contributed by atoms with Gasteiger partial charge in [0.05, 0.1) is 19.1 Å². The average Bonchev–Trinajstić information content (AvgIpc) is 3.32. The van der Waals surface area contributed by atoms with E-state index in [1.165, 1.54) is 5.56 Å². The van der Waals surface area contributed by atoms with Gasteiger partial charge >= 0.3 is 0 Å². The fourth-order valence-electron chi connectivity index (χ4n) is 5.53. The number of rotatable bonds is 6. The van der Waals surface area contributed by atoms with Crippen LogP contribution in [0.1, 0.15) is 86.9 Å². The molecule has 1 saturated heterocycles. The maximum atomic E-state index is 11.5. The monoisotopic (exact) mass is 572 g/mol. The van der Waals surface area contributed by atoms with Gasteiger partial charge in [0.2, 0.25) is 11.8 Å². The molecule has 1 fully saturated rings. The summed E-state index contributed by atoms with van der Waals surface area (Å²) in [4.78, 5) is 7.46. The van der Waals surface area contributed by atoms with Crippen LogP contribution in [-0.2, 0) is 22.0 Å². The summed E-state index contributed by atoms with van der Waals surface area (Å²) in [7, 11) is 0. The van der Waals surface area contributed by atoms with Gasteiger partial charge in [-0.3, -0.25) is 0 Å². The van der Waals surface area contributed by atoms with Gasteiger partial charge in [0.25, 0.3) is 0 Å². The molecule has 5 rings (SSSR count). The summed E-state index contributed by atoms with van der Waals surface area (Å²) >= 11 is 6.55. The Labute approximate surface area is 249 Å². The third kappa shape index (κ3) is 6.47. The second-order valence-corrected chi connectivity index (χ2v) is 13.5. The predicted molar refractivity (Wildman–Crippen MR) is 167 cm³/mol. The van der Waals surface area contributed by atoms with E-state index in [0.717, 1.165) is 46.9 Å². The Morgan fingerprint density at radius 1 is 0.854 bits per heavy atom. The Hall–Kier alpha value is -3.28. The lowest BCUT2D eigenvalue weighted by Crippen LogP contribution is -2.36. The lowest BCUT2D eigenvalue weighted by atomic mass is 9.76. The molecule has 2 heterocycles. The minimum Gasteiger partial charge on any atom is -0.507 e. The number of phenolic OH excluding ortho intramolecular Hbond substituents is 1. The summed E-state index contributed by atoms with van der Waals surface area (Å²) in [6, 6.07) is 22.5. The molecule has 0 radical (unpaired) electrons. The molecule has 4 aromatic rings. The fourth-order valence-corrected chi connectivity index (χ4v) is 5.73. The number of benzene rings is 3. The maximum Gasteiger partial charge on any atom is 0.220 e. The first-order valence-corrected chi connectivity index (χ1v) is 14.8. The summed E-state index contributed by atoms with van der Waals surface area (Å²) in [6.07, 6.45) is 0.662. The molecular formula is C35H41ClN2O3. The van der Waals surface area contributed by atoms with Crippen LogP contribution in [0.2, 0.25) is 5.02 Å². The van der Waals surface area contributed by atoms with Crippen molar-refractivity contribution in [2.24, 2.45) is 0 Å². The van der Waals surface area contributed by atoms with E-state index >= 15 is 0 Å². The van der Waals surface area contributed by atoms with E-state index in [9.17, 15) is 5.11 Å². The van der Waals surface area contributed by atoms with E-state index in [-0.39, 0.29) is 16.7 Å². The van der Waals surface area contributed by atoms with Crippen LogP contribution >= 0.6 is 11.6 Å². The second-order valence-electron chi connectivity index (χ2n) is 13.0. The zero-order chi connectivity index (χ0) is 29.4. The van der Waals surface area contributed by atoms with Gasteiger partial charge in [-0.25, -0.2) is 4.98 Å². The molecule has 1 atom stereocenters. The van der Waals surface area contributed by atoms with Crippen LogP contribution < -0.4 is 4.90 Å². The molecule has 1 aliphatic rings. The van der Waals surface area contributed by atoms with E-state index < -0.39 is 0 Å². The average molecular weight is 573 g/mol. The highest BCUT2D eigenvalue weighted by molar-refractivity contribution is 6.30. The van der Waals surface area contributed by atoms with E-state index in [1.807, 2.05) is 24.3 Å². The summed E-state index contributed by atoms with van der Waals surface area (Å²) in [5, 5.41) is 12.1. The Morgan fingerprint density at radius 2 is 1.49 bits per heavy atom. The van der Waals surface area contributed by atoms with Crippen LogP contribution in [-0.4, -0.2) is 36.4 Å². The van der Waals surface area contributed by atoms with Crippen LogP contribution in [0.4, 0.5) is 5.88 Å². The second kappa shape index (κ2) is 11.5. The van der Waals surface area contributed by atoms with Crippen molar-refractivity contribution in [2.75, 3.05) is 31.2 Å². The highest BCUT2D eigenvalue weighted by atomic mass is 35.5.